The molecule has 1 heterocycles. The second-order valence-electron chi connectivity index (χ2n) is 3.83. The van der Waals surface area contributed by atoms with Crippen LogP contribution in [0.1, 0.15) is 10.5 Å². The van der Waals surface area contributed by atoms with E-state index in [-0.39, 0.29) is 11.5 Å². The van der Waals surface area contributed by atoms with E-state index in [0.717, 1.165) is 4.90 Å². The highest BCUT2D eigenvalue weighted by Crippen LogP contribution is 2.18. The number of halogens is 1. The van der Waals surface area contributed by atoms with Gasteiger partial charge in [0.25, 0.3) is 0 Å². The maximum absolute atomic E-state index is 12.7. The molecule has 0 fully saturated rings. The summed E-state index contributed by atoms with van der Waals surface area (Å²) in [6.07, 6.45) is 1.46. The molecule has 1 N–H and O–H groups in total. The number of pyridine rings is 1. The summed E-state index contributed by atoms with van der Waals surface area (Å²) >= 11 is 1.47. The standard InChI is InChI=1S/C14H12FNO3S/c15-10-1-3-11(4-2-10)19-7-8-20-12-5-6-16-13(9-12)14(17)18/h1-6,9H,7-8H2,(H,17,18). The lowest BCUT2D eigenvalue weighted by Gasteiger charge is -2.06. The Morgan fingerprint density at radius 1 is 1.30 bits per heavy atom. The molecular formula is C14H12FNO3S. The van der Waals surface area contributed by atoms with E-state index in [0.29, 0.717) is 18.1 Å². The van der Waals surface area contributed by atoms with Gasteiger partial charge in [-0.05, 0) is 36.4 Å². The smallest absolute Gasteiger partial charge is 0.354 e. The Labute approximate surface area is 119 Å². The monoisotopic (exact) mass is 293 g/mol. The summed E-state index contributed by atoms with van der Waals surface area (Å²) in [4.78, 5) is 15.3. The van der Waals surface area contributed by atoms with Crippen LogP contribution in [0.2, 0.25) is 0 Å². The van der Waals surface area contributed by atoms with Crippen LogP contribution < -0.4 is 4.74 Å². The van der Waals surface area contributed by atoms with Crippen molar-refractivity contribution < 1.29 is 19.0 Å². The molecule has 2 rings (SSSR count). The third-order valence-electron chi connectivity index (χ3n) is 2.38. The summed E-state index contributed by atoms with van der Waals surface area (Å²) in [6, 6.07) is 9.07. The van der Waals surface area contributed by atoms with Gasteiger partial charge >= 0.3 is 5.97 Å². The molecule has 1 aromatic carbocycles. The molecule has 0 saturated carbocycles. The van der Waals surface area contributed by atoms with Crippen LogP contribution in [0.4, 0.5) is 4.39 Å². The van der Waals surface area contributed by atoms with Crippen molar-refractivity contribution in [3.63, 3.8) is 0 Å². The van der Waals surface area contributed by atoms with Crippen LogP contribution in [0.3, 0.4) is 0 Å². The number of hydrogen-bond donors (Lipinski definition) is 1. The van der Waals surface area contributed by atoms with E-state index >= 15 is 0 Å². The summed E-state index contributed by atoms with van der Waals surface area (Å²) in [5, 5.41) is 8.82. The number of aromatic nitrogens is 1. The average Bonchev–Trinajstić information content (AvgIpc) is 2.46. The molecule has 20 heavy (non-hydrogen) atoms. The molecule has 4 nitrogen and oxygen atoms in total. The van der Waals surface area contributed by atoms with Gasteiger partial charge in [0.15, 0.2) is 0 Å². The highest BCUT2D eigenvalue weighted by molar-refractivity contribution is 7.99. The first-order valence-corrected chi connectivity index (χ1v) is 6.84. The predicted molar refractivity (Wildman–Crippen MR) is 73.8 cm³/mol. The summed E-state index contributed by atoms with van der Waals surface area (Å²) in [5.74, 6) is -0.0897. The van der Waals surface area contributed by atoms with Gasteiger partial charge in [0, 0.05) is 16.8 Å². The maximum atomic E-state index is 12.7. The highest BCUT2D eigenvalue weighted by atomic mass is 32.2. The number of nitrogens with zero attached hydrogens (tertiary/aromatic N) is 1. The van der Waals surface area contributed by atoms with Gasteiger partial charge in [-0.1, -0.05) is 0 Å². The Kier molecular flexibility index (Phi) is 4.95. The number of rotatable bonds is 6. The number of thioether (sulfide) groups is 1. The molecule has 0 bridgehead atoms. The van der Waals surface area contributed by atoms with Crippen molar-refractivity contribution in [2.75, 3.05) is 12.4 Å². The van der Waals surface area contributed by atoms with Crippen LogP contribution in [0.25, 0.3) is 0 Å². The molecule has 0 aliphatic carbocycles. The van der Waals surface area contributed by atoms with Gasteiger partial charge in [-0.3, -0.25) is 0 Å². The van der Waals surface area contributed by atoms with Crippen molar-refractivity contribution in [1.29, 1.82) is 0 Å². The zero-order valence-electron chi connectivity index (χ0n) is 10.5. The Morgan fingerprint density at radius 3 is 2.75 bits per heavy atom. The van der Waals surface area contributed by atoms with Crippen LogP contribution in [0, 0.1) is 5.82 Å². The molecular weight excluding hydrogens is 281 g/mol. The average molecular weight is 293 g/mol. The maximum Gasteiger partial charge on any atom is 0.354 e. The molecule has 0 saturated heterocycles. The Morgan fingerprint density at radius 2 is 2.05 bits per heavy atom. The topological polar surface area (TPSA) is 59.4 Å². The molecule has 0 radical (unpaired) electrons. The van der Waals surface area contributed by atoms with E-state index in [9.17, 15) is 9.18 Å². The number of carboxylic acid groups (broad SMARTS) is 1. The molecule has 104 valence electrons. The fourth-order valence-electron chi connectivity index (χ4n) is 1.47. The Hall–Kier alpha value is -2.08. The lowest BCUT2D eigenvalue weighted by molar-refractivity contribution is 0.0690. The minimum atomic E-state index is -1.05. The Balaban J connectivity index is 1.79. The molecule has 0 atom stereocenters. The molecule has 0 amide bonds. The largest absolute Gasteiger partial charge is 0.493 e. The van der Waals surface area contributed by atoms with Gasteiger partial charge in [0.05, 0.1) is 6.61 Å². The lowest BCUT2D eigenvalue weighted by atomic mass is 10.3. The van der Waals surface area contributed by atoms with Gasteiger partial charge < -0.3 is 9.84 Å². The fourth-order valence-corrected chi connectivity index (χ4v) is 2.22. The van der Waals surface area contributed by atoms with Crippen LogP contribution in [-0.4, -0.2) is 28.4 Å². The van der Waals surface area contributed by atoms with E-state index in [1.165, 1.54) is 36.2 Å². The van der Waals surface area contributed by atoms with Gasteiger partial charge in [-0.25, -0.2) is 14.2 Å². The van der Waals surface area contributed by atoms with E-state index in [1.807, 2.05) is 0 Å². The van der Waals surface area contributed by atoms with Gasteiger partial charge in [-0.2, -0.15) is 0 Å². The number of benzene rings is 1. The predicted octanol–water partition coefficient (Wildman–Crippen LogP) is 3.09. The summed E-state index contributed by atoms with van der Waals surface area (Å²) < 4.78 is 18.1. The number of carboxylic acids is 1. The number of carbonyl (C=O) groups is 1. The third kappa shape index (κ3) is 4.24. The van der Waals surface area contributed by atoms with Gasteiger partial charge in [0.2, 0.25) is 0 Å². The lowest BCUT2D eigenvalue weighted by Crippen LogP contribution is -2.01. The number of hydrogen-bond acceptors (Lipinski definition) is 4. The van der Waals surface area contributed by atoms with Crippen LogP contribution >= 0.6 is 11.8 Å². The van der Waals surface area contributed by atoms with Gasteiger partial charge in [0.1, 0.15) is 17.3 Å². The minimum Gasteiger partial charge on any atom is -0.493 e. The van der Waals surface area contributed by atoms with E-state index in [2.05, 4.69) is 4.98 Å². The second-order valence-corrected chi connectivity index (χ2v) is 5.00. The third-order valence-corrected chi connectivity index (χ3v) is 3.34. The van der Waals surface area contributed by atoms with Crippen molar-refractivity contribution in [3.05, 3.63) is 54.1 Å². The molecule has 0 spiro atoms. The minimum absolute atomic E-state index is 0.0226. The van der Waals surface area contributed by atoms with E-state index in [4.69, 9.17) is 9.84 Å². The fraction of sp³-hybridized carbons (Fsp3) is 0.143. The van der Waals surface area contributed by atoms with Crippen LogP contribution in [-0.2, 0) is 0 Å². The SMILES string of the molecule is O=C(O)c1cc(SCCOc2ccc(F)cc2)ccn1. The van der Waals surface area contributed by atoms with Crippen LogP contribution in [0.5, 0.6) is 5.75 Å². The van der Waals surface area contributed by atoms with Gasteiger partial charge in [-0.15, -0.1) is 11.8 Å². The van der Waals surface area contributed by atoms with E-state index in [1.54, 1.807) is 18.2 Å². The number of aromatic carboxylic acids is 1. The second kappa shape index (κ2) is 6.91. The quantitative estimate of drug-likeness (QED) is 0.655. The van der Waals surface area contributed by atoms with Crippen molar-refractivity contribution >= 4 is 17.7 Å². The first-order chi connectivity index (χ1) is 9.65. The molecule has 0 unspecified atom stereocenters. The van der Waals surface area contributed by atoms with Crippen LogP contribution in [0.15, 0.2) is 47.5 Å². The summed E-state index contributed by atoms with van der Waals surface area (Å²) in [5.41, 5.74) is 0.0226. The highest BCUT2D eigenvalue weighted by Gasteiger charge is 2.05. The number of ether oxygens (including phenoxy) is 1. The molecule has 1 aromatic heterocycles. The molecule has 2 aromatic rings. The Bertz CT molecular complexity index is 589. The van der Waals surface area contributed by atoms with Crippen molar-refractivity contribution in [1.82, 2.24) is 4.98 Å². The van der Waals surface area contributed by atoms with Crippen molar-refractivity contribution in [2.24, 2.45) is 0 Å². The van der Waals surface area contributed by atoms with Crippen molar-refractivity contribution in [3.8, 4) is 5.75 Å². The zero-order chi connectivity index (χ0) is 14.4. The summed E-state index contributed by atoms with van der Waals surface area (Å²) in [6.45, 7) is 0.445. The normalized spacial score (nSPS) is 10.2. The first-order valence-electron chi connectivity index (χ1n) is 5.85. The molecule has 0 aliphatic rings. The first kappa shape index (κ1) is 14.3. The summed E-state index contributed by atoms with van der Waals surface area (Å²) in [7, 11) is 0. The van der Waals surface area contributed by atoms with E-state index < -0.39 is 5.97 Å². The molecule has 6 heteroatoms. The zero-order valence-corrected chi connectivity index (χ0v) is 11.3. The van der Waals surface area contributed by atoms with Crippen molar-refractivity contribution in [2.45, 2.75) is 4.90 Å². The molecule has 0 aliphatic heterocycles.